The molecule has 3 N–H and O–H groups in total. The van der Waals surface area contributed by atoms with Crippen LogP contribution >= 0.6 is 0 Å². The van der Waals surface area contributed by atoms with Gasteiger partial charge in [0.05, 0.1) is 6.54 Å². The van der Waals surface area contributed by atoms with Gasteiger partial charge in [-0.2, -0.15) is 0 Å². The maximum absolute atomic E-state index is 11.6. The molecule has 5 heteroatoms. The second kappa shape index (κ2) is 7.40. The van der Waals surface area contributed by atoms with Crippen molar-refractivity contribution in [2.24, 2.45) is 5.73 Å². The van der Waals surface area contributed by atoms with Gasteiger partial charge >= 0.3 is 0 Å². The molecule has 0 bridgehead atoms. The van der Waals surface area contributed by atoms with Gasteiger partial charge in [-0.1, -0.05) is 30.3 Å². The van der Waals surface area contributed by atoms with Crippen LogP contribution in [0.2, 0.25) is 0 Å². The number of nitrogens with two attached hydrogens (primary N) is 1. The standard InChI is InChI=1S/C16H19N3O2/c17-9-8-15(20)18-11-13-4-6-14(7-5-13)12-19-10-2-1-3-16(19)21/h1-7,10H,8-9,11-12,17H2,(H,18,20). The second-order valence-corrected chi connectivity index (χ2v) is 4.80. The van der Waals surface area contributed by atoms with E-state index in [0.717, 1.165) is 11.1 Å². The van der Waals surface area contributed by atoms with Gasteiger partial charge in [0.25, 0.3) is 5.56 Å². The Kier molecular flexibility index (Phi) is 5.29. The first-order valence-corrected chi connectivity index (χ1v) is 6.89. The molecule has 2 rings (SSSR count). The van der Waals surface area contributed by atoms with Crippen molar-refractivity contribution in [3.05, 3.63) is 70.1 Å². The number of nitrogens with zero attached hydrogens (tertiary/aromatic N) is 1. The lowest BCUT2D eigenvalue weighted by atomic mass is 10.1. The molecule has 0 spiro atoms. The van der Waals surface area contributed by atoms with E-state index in [4.69, 9.17) is 5.73 Å². The zero-order valence-electron chi connectivity index (χ0n) is 11.8. The number of aromatic nitrogens is 1. The van der Waals surface area contributed by atoms with E-state index in [0.29, 0.717) is 26.1 Å². The molecule has 0 aliphatic rings. The summed E-state index contributed by atoms with van der Waals surface area (Å²) in [7, 11) is 0. The minimum absolute atomic E-state index is 0.0179. The van der Waals surface area contributed by atoms with Crippen LogP contribution in [0.1, 0.15) is 17.5 Å². The van der Waals surface area contributed by atoms with Gasteiger partial charge in [-0.3, -0.25) is 9.59 Å². The van der Waals surface area contributed by atoms with Crippen molar-refractivity contribution >= 4 is 5.91 Å². The third kappa shape index (κ3) is 4.57. The Balaban J connectivity index is 1.95. The number of carbonyl (C=O) groups excluding carboxylic acids is 1. The van der Waals surface area contributed by atoms with Gasteiger partial charge in [0.2, 0.25) is 5.91 Å². The van der Waals surface area contributed by atoms with Crippen LogP contribution in [-0.4, -0.2) is 17.0 Å². The molecule has 0 radical (unpaired) electrons. The molecule has 1 amide bonds. The summed E-state index contributed by atoms with van der Waals surface area (Å²) in [6, 6.07) is 12.9. The fraction of sp³-hybridized carbons (Fsp3) is 0.250. The van der Waals surface area contributed by atoms with Crippen LogP contribution in [0.3, 0.4) is 0 Å². The van der Waals surface area contributed by atoms with Gasteiger partial charge < -0.3 is 15.6 Å². The van der Waals surface area contributed by atoms with Crippen molar-refractivity contribution in [2.45, 2.75) is 19.5 Å². The minimum Gasteiger partial charge on any atom is -0.352 e. The highest BCUT2D eigenvalue weighted by Gasteiger charge is 2.01. The summed E-state index contributed by atoms with van der Waals surface area (Å²) < 4.78 is 1.65. The summed E-state index contributed by atoms with van der Waals surface area (Å²) in [6.07, 6.45) is 2.11. The zero-order valence-corrected chi connectivity index (χ0v) is 11.8. The summed E-state index contributed by atoms with van der Waals surface area (Å²) in [5, 5.41) is 2.80. The van der Waals surface area contributed by atoms with E-state index in [1.165, 1.54) is 0 Å². The number of carbonyl (C=O) groups is 1. The fourth-order valence-corrected chi connectivity index (χ4v) is 1.97. The molecule has 0 aliphatic heterocycles. The molecule has 0 aliphatic carbocycles. The lowest BCUT2D eigenvalue weighted by molar-refractivity contribution is -0.121. The average Bonchev–Trinajstić information content (AvgIpc) is 2.49. The maximum atomic E-state index is 11.6. The van der Waals surface area contributed by atoms with E-state index < -0.39 is 0 Å². The van der Waals surface area contributed by atoms with Gasteiger partial charge in [0.1, 0.15) is 0 Å². The molecule has 2 aromatic rings. The van der Waals surface area contributed by atoms with Crippen LogP contribution in [0, 0.1) is 0 Å². The molecule has 1 heterocycles. The van der Waals surface area contributed by atoms with Crippen molar-refractivity contribution < 1.29 is 4.79 Å². The summed E-state index contributed by atoms with van der Waals surface area (Å²) in [5.74, 6) is -0.0441. The normalized spacial score (nSPS) is 10.3. The molecular formula is C16H19N3O2. The number of hydrogen-bond acceptors (Lipinski definition) is 3. The predicted octanol–water partition coefficient (Wildman–Crippen LogP) is 0.862. The van der Waals surface area contributed by atoms with Crippen LogP contribution in [0.15, 0.2) is 53.5 Å². The molecule has 0 saturated carbocycles. The minimum atomic E-state index is -0.0441. The molecule has 5 nitrogen and oxygen atoms in total. The molecular weight excluding hydrogens is 266 g/mol. The first kappa shape index (κ1) is 15.0. The lowest BCUT2D eigenvalue weighted by Crippen LogP contribution is -2.25. The number of amides is 1. The number of nitrogens with one attached hydrogen (secondary N) is 1. The molecule has 1 aromatic heterocycles. The van der Waals surface area contributed by atoms with E-state index in [-0.39, 0.29) is 11.5 Å². The SMILES string of the molecule is NCCC(=O)NCc1ccc(Cn2ccccc2=O)cc1. The smallest absolute Gasteiger partial charge is 0.250 e. The van der Waals surface area contributed by atoms with Gasteiger partial charge in [0.15, 0.2) is 0 Å². The number of benzene rings is 1. The second-order valence-electron chi connectivity index (χ2n) is 4.80. The third-order valence-electron chi connectivity index (χ3n) is 3.14. The van der Waals surface area contributed by atoms with E-state index in [1.54, 1.807) is 22.9 Å². The molecule has 0 atom stereocenters. The predicted molar refractivity (Wildman–Crippen MR) is 81.8 cm³/mol. The Bertz CT molecular complexity index is 647. The fourth-order valence-electron chi connectivity index (χ4n) is 1.97. The number of pyridine rings is 1. The van der Waals surface area contributed by atoms with E-state index in [2.05, 4.69) is 5.32 Å². The highest BCUT2D eigenvalue weighted by molar-refractivity contribution is 5.76. The largest absolute Gasteiger partial charge is 0.352 e. The summed E-state index contributed by atoms with van der Waals surface area (Å²) in [4.78, 5) is 23.0. The first-order valence-electron chi connectivity index (χ1n) is 6.89. The van der Waals surface area contributed by atoms with Crippen molar-refractivity contribution in [3.63, 3.8) is 0 Å². The molecule has 0 unspecified atom stereocenters. The Morgan fingerprint density at radius 1 is 1.10 bits per heavy atom. The van der Waals surface area contributed by atoms with E-state index in [9.17, 15) is 9.59 Å². The highest BCUT2D eigenvalue weighted by atomic mass is 16.1. The van der Waals surface area contributed by atoms with Crippen molar-refractivity contribution in [1.29, 1.82) is 0 Å². The van der Waals surface area contributed by atoms with Gasteiger partial charge in [-0.15, -0.1) is 0 Å². The summed E-state index contributed by atoms with van der Waals surface area (Å²) in [6.45, 7) is 1.39. The van der Waals surface area contributed by atoms with E-state index >= 15 is 0 Å². The van der Waals surface area contributed by atoms with Gasteiger partial charge in [-0.25, -0.2) is 0 Å². The number of hydrogen-bond donors (Lipinski definition) is 2. The third-order valence-corrected chi connectivity index (χ3v) is 3.14. The van der Waals surface area contributed by atoms with Crippen molar-refractivity contribution in [3.8, 4) is 0 Å². The number of rotatable bonds is 6. The molecule has 0 saturated heterocycles. The first-order chi connectivity index (χ1) is 10.2. The quantitative estimate of drug-likeness (QED) is 0.826. The molecule has 0 fully saturated rings. The summed E-state index contributed by atoms with van der Waals surface area (Å²) >= 11 is 0. The monoisotopic (exact) mass is 285 g/mol. The molecule has 21 heavy (non-hydrogen) atoms. The summed E-state index contributed by atoms with van der Waals surface area (Å²) in [5.41, 5.74) is 7.36. The van der Waals surface area contributed by atoms with Gasteiger partial charge in [-0.05, 0) is 17.2 Å². The van der Waals surface area contributed by atoms with Crippen LogP contribution < -0.4 is 16.6 Å². The van der Waals surface area contributed by atoms with Crippen molar-refractivity contribution in [1.82, 2.24) is 9.88 Å². The Morgan fingerprint density at radius 2 is 1.81 bits per heavy atom. The van der Waals surface area contributed by atoms with Crippen LogP contribution in [-0.2, 0) is 17.9 Å². The van der Waals surface area contributed by atoms with Gasteiger partial charge in [0, 0.05) is 31.8 Å². The Labute approximate surface area is 123 Å². The zero-order chi connectivity index (χ0) is 15.1. The average molecular weight is 285 g/mol. The Morgan fingerprint density at radius 3 is 2.48 bits per heavy atom. The van der Waals surface area contributed by atoms with Crippen molar-refractivity contribution in [2.75, 3.05) is 6.54 Å². The highest BCUT2D eigenvalue weighted by Crippen LogP contribution is 2.05. The van der Waals surface area contributed by atoms with Crippen LogP contribution in [0.4, 0.5) is 0 Å². The topological polar surface area (TPSA) is 77.1 Å². The van der Waals surface area contributed by atoms with Crippen LogP contribution in [0.5, 0.6) is 0 Å². The maximum Gasteiger partial charge on any atom is 0.250 e. The molecule has 110 valence electrons. The molecule has 1 aromatic carbocycles. The Hall–Kier alpha value is -2.40. The lowest BCUT2D eigenvalue weighted by Gasteiger charge is -2.07. The van der Waals surface area contributed by atoms with E-state index in [1.807, 2.05) is 30.3 Å². The van der Waals surface area contributed by atoms with Crippen LogP contribution in [0.25, 0.3) is 0 Å².